The van der Waals surface area contributed by atoms with Crippen LogP contribution in [0.4, 0.5) is 5.13 Å². The maximum atomic E-state index is 12.3. The van der Waals surface area contributed by atoms with Gasteiger partial charge in [0.05, 0.1) is 18.2 Å². The van der Waals surface area contributed by atoms with Crippen LogP contribution in [0.1, 0.15) is 30.7 Å². The Morgan fingerprint density at radius 1 is 1.43 bits per heavy atom. The topological polar surface area (TPSA) is 53.4 Å². The molecule has 2 aromatic rings. The number of hydrogen-bond acceptors (Lipinski definition) is 4. The predicted molar refractivity (Wildman–Crippen MR) is 85.9 cm³/mol. The zero-order valence-corrected chi connectivity index (χ0v) is 13.5. The second kappa shape index (κ2) is 7.02. The van der Waals surface area contributed by atoms with E-state index < -0.39 is 6.10 Å². The summed E-state index contributed by atoms with van der Waals surface area (Å²) >= 11 is 7.24. The van der Waals surface area contributed by atoms with Crippen molar-refractivity contribution in [1.82, 2.24) is 4.98 Å². The Hall–Kier alpha value is -1.43. The van der Waals surface area contributed by atoms with E-state index in [0.29, 0.717) is 22.3 Å². The highest BCUT2D eigenvalue weighted by molar-refractivity contribution is 7.14. The van der Waals surface area contributed by atoms with Crippen molar-refractivity contribution in [2.24, 2.45) is 0 Å². The zero-order chi connectivity index (χ0) is 15.4. The first-order chi connectivity index (χ1) is 10.0. The van der Waals surface area contributed by atoms with Crippen LogP contribution in [0.3, 0.4) is 0 Å². The molecule has 0 aliphatic heterocycles. The molecule has 0 aliphatic rings. The monoisotopic (exact) mass is 324 g/mol. The van der Waals surface area contributed by atoms with Crippen LogP contribution in [0, 0.1) is 6.92 Å². The van der Waals surface area contributed by atoms with Crippen molar-refractivity contribution < 1.29 is 9.90 Å². The summed E-state index contributed by atoms with van der Waals surface area (Å²) < 4.78 is 0. The average molecular weight is 325 g/mol. The lowest BCUT2D eigenvalue weighted by molar-refractivity contribution is -0.120. The van der Waals surface area contributed by atoms with Crippen LogP contribution < -0.4 is 4.90 Å². The van der Waals surface area contributed by atoms with Gasteiger partial charge in [-0.05, 0) is 31.5 Å². The molecule has 0 aliphatic carbocycles. The van der Waals surface area contributed by atoms with E-state index in [2.05, 4.69) is 4.98 Å². The summed E-state index contributed by atoms with van der Waals surface area (Å²) in [6.45, 7) is 4.31. The van der Waals surface area contributed by atoms with Crippen LogP contribution in [0.5, 0.6) is 0 Å². The first kappa shape index (κ1) is 15.9. The van der Waals surface area contributed by atoms with Crippen molar-refractivity contribution in [3.05, 3.63) is 45.9 Å². The predicted octanol–water partition coefficient (Wildman–Crippen LogP) is 3.58. The van der Waals surface area contributed by atoms with E-state index in [1.807, 2.05) is 19.2 Å². The van der Waals surface area contributed by atoms with Crippen LogP contribution in [0.2, 0.25) is 5.02 Å². The minimum absolute atomic E-state index is 0.0219. The van der Waals surface area contributed by atoms with Crippen LogP contribution >= 0.6 is 22.9 Å². The van der Waals surface area contributed by atoms with Gasteiger partial charge in [0.25, 0.3) is 0 Å². The van der Waals surface area contributed by atoms with E-state index >= 15 is 0 Å². The van der Waals surface area contributed by atoms with Crippen LogP contribution in [0.25, 0.3) is 0 Å². The number of hydrogen-bond donors (Lipinski definition) is 1. The molecule has 112 valence electrons. The summed E-state index contributed by atoms with van der Waals surface area (Å²) in [4.78, 5) is 18.3. The van der Waals surface area contributed by atoms with Gasteiger partial charge < -0.3 is 5.11 Å². The van der Waals surface area contributed by atoms with Crippen molar-refractivity contribution in [3.8, 4) is 0 Å². The number of rotatable bonds is 5. The van der Waals surface area contributed by atoms with E-state index in [1.165, 1.54) is 11.3 Å². The molecule has 1 unspecified atom stereocenters. The third-order valence-electron chi connectivity index (χ3n) is 3.08. The smallest absolute Gasteiger partial charge is 0.231 e. The SMILES string of the molecule is CCN(C(=O)CC(O)c1ccc(Cl)cc1)c1nc(C)cs1. The van der Waals surface area contributed by atoms with E-state index in [9.17, 15) is 9.90 Å². The fourth-order valence-electron chi connectivity index (χ4n) is 1.96. The zero-order valence-electron chi connectivity index (χ0n) is 11.9. The van der Waals surface area contributed by atoms with E-state index in [4.69, 9.17) is 11.6 Å². The molecule has 0 bridgehead atoms. The second-order valence-electron chi connectivity index (χ2n) is 4.68. The van der Waals surface area contributed by atoms with Gasteiger partial charge in [-0.15, -0.1) is 11.3 Å². The molecule has 1 aromatic heterocycles. The van der Waals surface area contributed by atoms with Crippen molar-refractivity contribution >= 4 is 34.0 Å². The van der Waals surface area contributed by atoms with Crippen LogP contribution in [0.15, 0.2) is 29.6 Å². The first-order valence-corrected chi connectivity index (χ1v) is 7.93. The van der Waals surface area contributed by atoms with Gasteiger partial charge in [-0.25, -0.2) is 4.98 Å². The Balaban J connectivity index is 2.07. The van der Waals surface area contributed by atoms with Gasteiger partial charge in [-0.1, -0.05) is 23.7 Å². The summed E-state index contributed by atoms with van der Waals surface area (Å²) in [5.74, 6) is -0.144. The van der Waals surface area contributed by atoms with E-state index in [1.54, 1.807) is 29.2 Å². The lowest BCUT2D eigenvalue weighted by atomic mass is 10.1. The van der Waals surface area contributed by atoms with Gasteiger partial charge in [-0.2, -0.15) is 0 Å². The van der Waals surface area contributed by atoms with Crippen molar-refractivity contribution in [1.29, 1.82) is 0 Å². The number of nitrogens with zero attached hydrogens (tertiary/aromatic N) is 2. The molecular formula is C15H17ClN2O2S. The quantitative estimate of drug-likeness (QED) is 0.914. The van der Waals surface area contributed by atoms with Crippen molar-refractivity contribution in [3.63, 3.8) is 0 Å². The molecule has 4 nitrogen and oxygen atoms in total. The highest BCUT2D eigenvalue weighted by Gasteiger charge is 2.21. The number of anilines is 1. The number of amides is 1. The average Bonchev–Trinajstić information content (AvgIpc) is 2.86. The van der Waals surface area contributed by atoms with Gasteiger partial charge in [-0.3, -0.25) is 9.69 Å². The maximum absolute atomic E-state index is 12.3. The molecular weight excluding hydrogens is 308 g/mol. The minimum Gasteiger partial charge on any atom is -0.388 e. The normalized spacial score (nSPS) is 12.2. The summed E-state index contributed by atoms with van der Waals surface area (Å²) in [6.07, 6.45) is -0.821. The maximum Gasteiger partial charge on any atom is 0.231 e. The molecule has 21 heavy (non-hydrogen) atoms. The summed E-state index contributed by atoms with van der Waals surface area (Å²) in [5, 5.41) is 13.3. The molecule has 0 fully saturated rings. The molecule has 6 heteroatoms. The highest BCUT2D eigenvalue weighted by Crippen LogP contribution is 2.24. The number of thiazole rings is 1. The summed E-state index contributed by atoms with van der Waals surface area (Å²) in [7, 11) is 0. The number of halogens is 1. The molecule has 0 saturated heterocycles. The fraction of sp³-hybridized carbons (Fsp3) is 0.333. The fourth-order valence-corrected chi connectivity index (χ4v) is 2.97. The molecule has 1 aromatic carbocycles. The second-order valence-corrected chi connectivity index (χ2v) is 5.95. The number of aryl methyl sites for hydroxylation is 1. The molecule has 1 atom stereocenters. The number of benzene rings is 1. The van der Waals surface area contributed by atoms with Crippen LogP contribution in [-0.4, -0.2) is 22.5 Å². The third-order valence-corrected chi connectivity index (χ3v) is 4.31. The molecule has 0 spiro atoms. The van der Waals surface area contributed by atoms with Crippen molar-refractivity contribution in [2.45, 2.75) is 26.4 Å². The lowest BCUT2D eigenvalue weighted by Crippen LogP contribution is -2.31. The lowest BCUT2D eigenvalue weighted by Gasteiger charge is -2.19. The molecule has 0 radical (unpaired) electrons. The Morgan fingerprint density at radius 3 is 2.62 bits per heavy atom. The third kappa shape index (κ3) is 4.03. The van der Waals surface area contributed by atoms with Gasteiger partial charge in [0.2, 0.25) is 5.91 Å². The summed E-state index contributed by atoms with van der Waals surface area (Å²) in [5.41, 5.74) is 1.57. The van der Waals surface area contributed by atoms with Gasteiger partial charge in [0.15, 0.2) is 5.13 Å². The Kier molecular flexibility index (Phi) is 5.33. The Morgan fingerprint density at radius 2 is 2.10 bits per heavy atom. The van der Waals surface area contributed by atoms with Crippen LogP contribution in [-0.2, 0) is 4.79 Å². The van der Waals surface area contributed by atoms with Gasteiger partial charge in [0.1, 0.15) is 0 Å². The molecule has 1 N–H and O–H groups in total. The number of carbonyl (C=O) groups is 1. The largest absolute Gasteiger partial charge is 0.388 e. The van der Waals surface area contributed by atoms with E-state index in [-0.39, 0.29) is 12.3 Å². The number of carbonyl (C=O) groups excluding carboxylic acids is 1. The molecule has 2 rings (SSSR count). The number of aliphatic hydroxyl groups is 1. The molecule has 0 saturated carbocycles. The van der Waals surface area contributed by atoms with Crippen molar-refractivity contribution in [2.75, 3.05) is 11.4 Å². The highest BCUT2D eigenvalue weighted by atomic mass is 35.5. The standard InChI is InChI=1S/C15H17ClN2O2S/c1-3-18(15-17-10(2)9-21-15)14(20)8-13(19)11-4-6-12(16)7-5-11/h4-7,9,13,19H,3,8H2,1-2H3. The number of aliphatic hydroxyl groups excluding tert-OH is 1. The minimum atomic E-state index is -0.843. The number of aromatic nitrogens is 1. The summed E-state index contributed by atoms with van der Waals surface area (Å²) in [6, 6.07) is 6.85. The Bertz CT molecular complexity index is 612. The van der Waals surface area contributed by atoms with Gasteiger partial charge in [0, 0.05) is 16.9 Å². The van der Waals surface area contributed by atoms with Gasteiger partial charge >= 0.3 is 0 Å². The molecule has 1 amide bonds. The Labute approximate surface area is 133 Å². The first-order valence-electron chi connectivity index (χ1n) is 6.67. The molecule has 1 heterocycles. The van der Waals surface area contributed by atoms with E-state index in [0.717, 1.165) is 5.69 Å².